The molecule has 0 saturated carbocycles. The van der Waals surface area contributed by atoms with Crippen molar-refractivity contribution in [3.05, 3.63) is 29.8 Å². The normalized spacial score (nSPS) is 15.4. The fourth-order valence-corrected chi connectivity index (χ4v) is 3.21. The number of amides is 3. The Morgan fingerprint density at radius 3 is 2.56 bits per heavy atom. The largest absolute Gasteiger partial charge is 0.497 e. The molecule has 0 spiro atoms. The van der Waals surface area contributed by atoms with Crippen LogP contribution in [0.25, 0.3) is 0 Å². The second kappa shape index (κ2) is 10.1. The van der Waals surface area contributed by atoms with Crippen LogP contribution in [0.4, 0.5) is 4.79 Å². The molecular weight excluding hydrogens is 370 g/mol. The van der Waals surface area contributed by atoms with Crippen molar-refractivity contribution in [3.63, 3.8) is 0 Å². The summed E-state index contributed by atoms with van der Waals surface area (Å²) in [5, 5.41) is 11.7. The van der Waals surface area contributed by atoms with Crippen LogP contribution in [-0.4, -0.2) is 77.6 Å². The molecule has 9 heteroatoms. The minimum absolute atomic E-state index is 0.0587. The molecule has 2 N–H and O–H groups in total. The lowest BCUT2D eigenvalue weighted by atomic mass is 10.2. The summed E-state index contributed by atoms with van der Waals surface area (Å²) in [4.78, 5) is 39.0. The standard InChI is InChI=1S/C18H25N3O5S/c1-26-14-5-3-13(4-6-14)11-20-8-9-21(12-16(20)22)18(25)19-15(17(23)24)7-10-27-2/h3-6,15H,7-12H2,1-2H3,(H,19,25)(H,23,24). The second-order valence-corrected chi connectivity index (χ2v) is 7.19. The van der Waals surface area contributed by atoms with Gasteiger partial charge in [0.1, 0.15) is 18.3 Å². The van der Waals surface area contributed by atoms with Crippen LogP contribution in [0.15, 0.2) is 24.3 Å². The topological polar surface area (TPSA) is 99.2 Å². The number of methoxy groups -OCH3 is 1. The first-order chi connectivity index (χ1) is 12.9. The van der Waals surface area contributed by atoms with Crippen LogP contribution in [0.1, 0.15) is 12.0 Å². The Morgan fingerprint density at radius 1 is 1.30 bits per heavy atom. The summed E-state index contributed by atoms with van der Waals surface area (Å²) in [7, 11) is 1.60. The van der Waals surface area contributed by atoms with E-state index in [9.17, 15) is 19.5 Å². The molecule has 0 radical (unpaired) electrons. The highest BCUT2D eigenvalue weighted by Crippen LogP contribution is 2.15. The molecule has 1 heterocycles. The summed E-state index contributed by atoms with van der Waals surface area (Å²) in [6.07, 6.45) is 2.22. The van der Waals surface area contributed by atoms with Crippen LogP contribution < -0.4 is 10.1 Å². The van der Waals surface area contributed by atoms with E-state index in [1.807, 2.05) is 30.5 Å². The molecule has 0 aliphatic carbocycles. The summed E-state index contributed by atoms with van der Waals surface area (Å²) in [6.45, 7) is 1.17. The van der Waals surface area contributed by atoms with Gasteiger partial charge < -0.3 is 25.0 Å². The lowest BCUT2D eigenvalue weighted by molar-refractivity contribution is -0.139. The number of benzene rings is 1. The van der Waals surface area contributed by atoms with Gasteiger partial charge in [-0.2, -0.15) is 11.8 Å². The third-order valence-electron chi connectivity index (χ3n) is 4.34. The number of hydrogen-bond acceptors (Lipinski definition) is 5. The number of ether oxygens (including phenoxy) is 1. The Labute approximate surface area is 162 Å². The van der Waals surface area contributed by atoms with Crippen molar-refractivity contribution in [1.82, 2.24) is 15.1 Å². The number of carboxylic acid groups (broad SMARTS) is 1. The van der Waals surface area contributed by atoms with Crippen LogP contribution in [0.3, 0.4) is 0 Å². The number of piperazine rings is 1. The molecule has 1 saturated heterocycles. The first-order valence-electron chi connectivity index (χ1n) is 8.62. The summed E-state index contributed by atoms with van der Waals surface area (Å²) < 4.78 is 5.12. The van der Waals surface area contributed by atoms with Crippen molar-refractivity contribution < 1.29 is 24.2 Å². The van der Waals surface area contributed by atoms with Crippen LogP contribution in [-0.2, 0) is 16.1 Å². The van der Waals surface area contributed by atoms with E-state index in [2.05, 4.69) is 5.32 Å². The minimum Gasteiger partial charge on any atom is -0.497 e. The van der Waals surface area contributed by atoms with E-state index in [1.54, 1.807) is 12.0 Å². The molecule has 148 valence electrons. The van der Waals surface area contributed by atoms with Gasteiger partial charge in [0.05, 0.1) is 7.11 Å². The first kappa shape index (κ1) is 20.9. The third kappa shape index (κ3) is 6.06. The lowest BCUT2D eigenvalue weighted by Crippen LogP contribution is -2.56. The zero-order valence-corrected chi connectivity index (χ0v) is 16.3. The molecule has 1 aromatic rings. The quantitative estimate of drug-likeness (QED) is 0.687. The molecule has 1 aliphatic rings. The summed E-state index contributed by atoms with van der Waals surface area (Å²) in [5.74, 6) is 0.150. The Hall–Kier alpha value is -2.42. The highest BCUT2D eigenvalue weighted by atomic mass is 32.2. The van der Waals surface area contributed by atoms with Gasteiger partial charge in [0, 0.05) is 19.6 Å². The maximum atomic E-state index is 12.4. The maximum absolute atomic E-state index is 12.4. The van der Waals surface area contributed by atoms with E-state index < -0.39 is 18.0 Å². The molecule has 0 bridgehead atoms. The number of aliphatic carboxylic acids is 1. The van der Waals surface area contributed by atoms with Gasteiger partial charge in [-0.15, -0.1) is 0 Å². The number of urea groups is 1. The van der Waals surface area contributed by atoms with E-state index >= 15 is 0 Å². The summed E-state index contributed by atoms with van der Waals surface area (Å²) >= 11 is 1.52. The van der Waals surface area contributed by atoms with Crippen molar-refractivity contribution in [3.8, 4) is 5.75 Å². The molecule has 1 atom stereocenters. The predicted octanol–water partition coefficient (Wildman–Crippen LogP) is 1.26. The van der Waals surface area contributed by atoms with Gasteiger partial charge in [0.15, 0.2) is 0 Å². The van der Waals surface area contributed by atoms with E-state index in [0.717, 1.165) is 11.3 Å². The smallest absolute Gasteiger partial charge is 0.326 e. The Morgan fingerprint density at radius 2 is 2.00 bits per heavy atom. The number of hydrogen-bond donors (Lipinski definition) is 2. The highest BCUT2D eigenvalue weighted by molar-refractivity contribution is 7.98. The zero-order chi connectivity index (χ0) is 19.8. The van der Waals surface area contributed by atoms with E-state index in [1.165, 1.54) is 16.7 Å². The monoisotopic (exact) mass is 395 g/mol. The van der Waals surface area contributed by atoms with Crippen LogP contribution in [0.5, 0.6) is 5.75 Å². The van der Waals surface area contributed by atoms with Gasteiger partial charge in [0.2, 0.25) is 5.91 Å². The SMILES string of the molecule is COc1ccc(CN2CCN(C(=O)NC(CCSC)C(=O)O)CC2=O)cc1. The number of rotatable bonds is 8. The molecular formula is C18H25N3O5S. The van der Waals surface area contributed by atoms with Crippen molar-refractivity contribution in [2.24, 2.45) is 0 Å². The Balaban J connectivity index is 1.88. The number of carbonyl (C=O) groups is 3. The molecule has 1 aromatic carbocycles. The molecule has 3 amide bonds. The zero-order valence-electron chi connectivity index (χ0n) is 15.5. The van der Waals surface area contributed by atoms with Crippen LogP contribution in [0, 0.1) is 0 Å². The summed E-state index contributed by atoms with van der Waals surface area (Å²) in [5.41, 5.74) is 0.977. The van der Waals surface area contributed by atoms with Crippen molar-refractivity contribution >= 4 is 29.7 Å². The molecule has 2 rings (SSSR count). The van der Waals surface area contributed by atoms with Crippen molar-refractivity contribution in [1.29, 1.82) is 0 Å². The van der Waals surface area contributed by atoms with E-state index in [0.29, 0.717) is 31.8 Å². The minimum atomic E-state index is -1.07. The third-order valence-corrected chi connectivity index (χ3v) is 4.99. The average molecular weight is 395 g/mol. The summed E-state index contributed by atoms with van der Waals surface area (Å²) in [6, 6.07) is 6.01. The number of carbonyl (C=O) groups excluding carboxylic acids is 2. The second-order valence-electron chi connectivity index (χ2n) is 6.21. The average Bonchev–Trinajstić information content (AvgIpc) is 2.66. The molecule has 1 fully saturated rings. The molecule has 0 aromatic heterocycles. The number of thioether (sulfide) groups is 1. The molecule has 8 nitrogen and oxygen atoms in total. The Bertz CT molecular complexity index is 667. The van der Waals surface area contributed by atoms with Gasteiger partial charge in [-0.3, -0.25) is 4.79 Å². The van der Waals surface area contributed by atoms with Crippen LogP contribution >= 0.6 is 11.8 Å². The molecule has 1 aliphatic heterocycles. The first-order valence-corrected chi connectivity index (χ1v) is 10.0. The van der Waals surface area contributed by atoms with E-state index in [4.69, 9.17) is 4.74 Å². The number of nitrogens with one attached hydrogen (secondary N) is 1. The van der Waals surface area contributed by atoms with E-state index in [-0.39, 0.29) is 12.5 Å². The fraction of sp³-hybridized carbons (Fsp3) is 0.500. The van der Waals surface area contributed by atoms with Crippen molar-refractivity contribution in [2.45, 2.75) is 19.0 Å². The van der Waals surface area contributed by atoms with Crippen LogP contribution in [0.2, 0.25) is 0 Å². The van der Waals surface area contributed by atoms with Gasteiger partial charge in [-0.25, -0.2) is 9.59 Å². The lowest BCUT2D eigenvalue weighted by Gasteiger charge is -2.35. The molecule has 1 unspecified atom stereocenters. The van der Waals surface area contributed by atoms with Crippen molar-refractivity contribution in [2.75, 3.05) is 38.8 Å². The predicted molar refractivity (Wildman–Crippen MR) is 103 cm³/mol. The highest BCUT2D eigenvalue weighted by Gasteiger charge is 2.29. The molecule has 27 heavy (non-hydrogen) atoms. The van der Waals surface area contributed by atoms with Gasteiger partial charge in [-0.1, -0.05) is 12.1 Å². The maximum Gasteiger partial charge on any atom is 0.326 e. The van der Waals surface area contributed by atoms with Gasteiger partial charge in [-0.05, 0) is 36.1 Å². The van der Waals surface area contributed by atoms with Gasteiger partial charge in [0.25, 0.3) is 0 Å². The number of carboxylic acids is 1. The fourth-order valence-electron chi connectivity index (χ4n) is 2.73. The van der Waals surface area contributed by atoms with Gasteiger partial charge >= 0.3 is 12.0 Å². The Kier molecular flexibility index (Phi) is 7.78. The number of nitrogens with zero attached hydrogens (tertiary/aromatic N) is 2.